The average Bonchev–Trinajstić information content (AvgIpc) is 3.36. The van der Waals surface area contributed by atoms with E-state index < -0.39 is 0 Å². The van der Waals surface area contributed by atoms with Crippen LogP contribution in [0.2, 0.25) is 0 Å². The van der Waals surface area contributed by atoms with Gasteiger partial charge in [0, 0.05) is 36.7 Å². The number of rotatable bonds is 3. The van der Waals surface area contributed by atoms with E-state index in [4.69, 9.17) is 9.47 Å². The number of halogens is 1. The SMILES string of the molecule is Fc1ccccc1CN1C[C@H](c2ccc3c(c2)OCO3)[C@H]2[C@@H]1C1CCN2CC1. The van der Waals surface area contributed by atoms with E-state index in [0.29, 0.717) is 31.3 Å². The summed E-state index contributed by atoms with van der Waals surface area (Å²) in [5.74, 6) is 2.76. The molecule has 4 nitrogen and oxygen atoms in total. The highest BCUT2D eigenvalue weighted by molar-refractivity contribution is 5.46. The molecule has 0 amide bonds. The first-order valence-electron chi connectivity index (χ1n) is 10.4. The second kappa shape index (κ2) is 6.46. The van der Waals surface area contributed by atoms with Crippen LogP contribution >= 0.6 is 0 Å². The summed E-state index contributed by atoms with van der Waals surface area (Å²) >= 11 is 0. The van der Waals surface area contributed by atoms with Crippen LogP contribution in [-0.2, 0) is 6.54 Å². The van der Waals surface area contributed by atoms with Gasteiger partial charge in [-0.25, -0.2) is 4.39 Å². The van der Waals surface area contributed by atoms with Crippen LogP contribution < -0.4 is 9.47 Å². The second-order valence-corrected chi connectivity index (χ2v) is 8.59. The van der Waals surface area contributed by atoms with Crippen molar-refractivity contribution in [3.05, 3.63) is 59.4 Å². The molecule has 4 fully saturated rings. The molecule has 5 heterocycles. The lowest BCUT2D eigenvalue weighted by Gasteiger charge is -2.51. The van der Waals surface area contributed by atoms with E-state index in [1.54, 1.807) is 12.1 Å². The Hall–Kier alpha value is -2.11. The quantitative estimate of drug-likeness (QED) is 0.812. The molecule has 0 aliphatic carbocycles. The monoisotopic (exact) mass is 380 g/mol. The minimum Gasteiger partial charge on any atom is -0.454 e. The summed E-state index contributed by atoms with van der Waals surface area (Å²) in [6.07, 6.45) is 2.53. The second-order valence-electron chi connectivity index (χ2n) is 8.59. The van der Waals surface area contributed by atoms with Gasteiger partial charge in [-0.15, -0.1) is 0 Å². The first-order chi connectivity index (χ1) is 13.8. The molecule has 28 heavy (non-hydrogen) atoms. The maximum Gasteiger partial charge on any atom is 0.231 e. The van der Waals surface area contributed by atoms with Crippen molar-refractivity contribution in [1.82, 2.24) is 9.80 Å². The first kappa shape index (κ1) is 16.8. The molecule has 0 spiro atoms. The van der Waals surface area contributed by atoms with Crippen LogP contribution in [0.1, 0.15) is 29.9 Å². The van der Waals surface area contributed by atoms with Crippen molar-refractivity contribution in [2.45, 2.75) is 37.4 Å². The summed E-state index contributed by atoms with van der Waals surface area (Å²) in [5, 5.41) is 0. The van der Waals surface area contributed by atoms with Gasteiger partial charge in [0.2, 0.25) is 6.79 Å². The lowest BCUT2D eigenvalue weighted by Crippen LogP contribution is -2.60. The lowest BCUT2D eigenvalue weighted by atomic mass is 9.75. The van der Waals surface area contributed by atoms with Gasteiger partial charge in [-0.1, -0.05) is 24.3 Å². The number of fused-ring (bicyclic) bond motifs is 3. The van der Waals surface area contributed by atoms with Gasteiger partial charge in [0.05, 0.1) is 0 Å². The zero-order valence-corrected chi connectivity index (χ0v) is 15.9. The van der Waals surface area contributed by atoms with Crippen LogP contribution in [0.15, 0.2) is 42.5 Å². The van der Waals surface area contributed by atoms with Gasteiger partial charge in [0.1, 0.15) is 5.82 Å². The minimum absolute atomic E-state index is 0.0909. The topological polar surface area (TPSA) is 24.9 Å². The Morgan fingerprint density at radius 1 is 0.964 bits per heavy atom. The van der Waals surface area contributed by atoms with Crippen molar-refractivity contribution in [2.24, 2.45) is 5.92 Å². The number of ether oxygens (including phenoxy) is 2. The van der Waals surface area contributed by atoms with Crippen LogP contribution in [0.25, 0.3) is 0 Å². The van der Waals surface area contributed by atoms with Gasteiger partial charge in [-0.05, 0) is 55.6 Å². The maximum atomic E-state index is 14.4. The fraction of sp³-hybridized carbons (Fsp3) is 0.478. The third-order valence-corrected chi connectivity index (χ3v) is 7.25. The minimum atomic E-state index is -0.0909. The Bertz CT molecular complexity index is 896. The molecule has 0 unspecified atom stereocenters. The highest BCUT2D eigenvalue weighted by Crippen LogP contribution is 2.48. The number of likely N-dealkylation sites (tertiary alicyclic amines) is 1. The van der Waals surface area contributed by atoms with Crippen molar-refractivity contribution in [3.8, 4) is 11.5 Å². The van der Waals surface area contributed by atoms with E-state index in [2.05, 4.69) is 21.9 Å². The molecule has 7 rings (SSSR count). The van der Waals surface area contributed by atoms with E-state index in [-0.39, 0.29) is 5.82 Å². The predicted molar refractivity (Wildman–Crippen MR) is 104 cm³/mol. The predicted octanol–water partition coefficient (Wildman–Crippen LogP) is 3.62. The zero-order chi connectivity index (χ0) is 18.7. The largest absolute Gasteiger partial charge is 0.454 e. The lowest BCUT2D eigenvalue weighted by molar-refractivity contribution is -0.00892. The van der Waals surface area contributed by atoms with Crippen LogP contribution in [0.5, 0.6) is 11.5 Å². The Kier molecular flexibility index (Phi) is 3.88. The van der Waals surface area contributed by atoms with Crippen LogP contribution in [0, 0.1) is 11.7 Å². The van der Waals surface area contributed by atoms with E-state index in [1.165, 1.54) is 31.5 Å². The summed E-state index contributed by atoms with van der Waals surface area (Å²) in [5.41, 5.74) is 2.13. The Balaban J connectivity index is 1.35. The molecule has 0 aromatic heterocycles. The molecular weight excluding hydrogens is 355 g/mol. The van der Waals surface area contributed by atoms with E-state index in [9.17, 15) is 4.39 Å². The Labute approximate surface area is 164 Å². The number of piperidine rings is 3. The van der Waals surface area contributed by atoms with E-state index in [1.807, 2.05) is 18.2 Å². The highest BCUT2D eigenvalue weighted by Gasteiger charge is 2.53. The van der Waals surface area contributed by atoms with Crippen molar-refractivity contribution >= 4 is 0 Å². The van der Waals surface area contributed by atoms with Crippen molar-refractivity contribution in [3.63, 3.8) is 0 Å². The number of nitrogens with zero attached hydrogens (tertiary/aromatic N) is 2. The summed E-state index contributed by atoms with van der Waals surface area (Å²) in [6, 6.07) is 14.7. The summed E-state index contributed by atoms with van der Waals surface area (Å²) in [6.45, 7) is 4.36. The third-order valence-electron chi connectivity index (χ3n) is 7.25. The van der Waals surface area contributed by atoms with E-state index in [0.717, 1.165) is 29.5 Å². The molecule has 0 radical (unpaired) electrons. The van der Waals surface area contributed by atoms with Gasteiger partial charge < -0.3 is 9.47 Å². The average molecular weight is 380 g/mol. The molecule has 3 atom stereocenters. The maximum absolute atomic E-state index is 14.4. The fourth-order valence-corrected chi connectivity index (χ4v) is 6.00. The van der Waals surface area contributed by atoms with Crippen molar-refractivity contribution in [2.75, 3.05) is 26.4 Å². The molecule has 2 aromatic carbocycles. The summed E-state index contributed by atoms with van der Waals surface area (Å²) in [7, 11) is 0. The van der Waals surface area contributed by atoms with Crippen LogP contribution in [-0.4, -0.2) is 48.3 Å². The standard InChI is InChI=1S/C23H25FN2O2/c24-19-4-2-1-3-17(19)12-26-13-18(16-5-6-20-21(11-16)28-14-27-20)23-22(26)15-7-9-25(23)10-8-15/h1-6,11,15,18,22-23H,7-10,12-14H2/t18-,22+,23+/m1/s1. The molecule has 2 bridgehead atoms. The number of benzene rings is 2. The zero-order valence-electron chi connectivity index (χ0n) is 15.9. The van der Waals surface area contributed by atoms with E-state index >= 15 is 0 Å². The molecule has 5 aliphatic rings. The van der Waals surface area contributed by atoms with Crippen molar-refractivity contribution < 1.29 is 13.9 Å². The molecule has 0 N–H and O–H groups in total. The molecule has 5 aliphatic heterocycles. The van der Waals surface area contributed by atoms with Crippen LogP contribution in [0.4, 0.5) is 4.39 Å². The van der Waals surface area contributed by atoms with Gasteiger partial charge >= 0.3 is 0 Å². The number of hydrogen-bond donors (Lipinski definition) is 0. The molecule has 0 saturated carbocycles. The summed E-state index contributed by atoms with van der Waals surface area (Å²) < 4.78 is 25.5. The molecule has 4 saturated heterocycles. The molecule has 146 valence electrons. The van der Waals surface area contributed by atoms with Gasteiger partial charge in [-0.2, -0.15) is 0 Å². The fourth-order valence-electron chi connectivity index (χ4n) is 6.00. The van der Waals surface area contributed by atoms with Gasteiger partial charge in [-0.3, -0.25) is 9.80 Å². The highest BCUT2D eigenvalue weighted by atomic mass is 19.1. The first-order valence-corrected chi connectivity index (χ1v) is 10.4. The molecule has 5 heteroatoms. The molecule has 2 aromatic rings. The van der Waals surface area contributed by atoms with Gasteiger partial charge in [0.15, 0.2) is 11.5 Å². The van der Waals surface area contributed by atoms with Crippen molar-refractivity contribution in [1.29, 1.82) is 0 Å². The number of hydrogen-bond acceptors (Lipinski definition) is 4. The Morgan fingerprint density at radius 3 is 2.64 bits per heavy atom. The molecular formula is C23H25FN2O2. The Morgan fingerprint density at radius 2 is 1.79 bits per heavy atom. The smallest absolute Gasteiger partial charge is 0.231 e. The van der Waals surface area contributed by atoms with Gasteiger partial charge in [0.25, 0.3) is 0 Å². The summed E-state index contributed by atoms with van der Waals surface area (Å²) in [4.78, 5) is 5.23. The van der Waals surface area contributed by atoms with Crippen LogP contribution in [0.3, 0.4) is 0 Å². The normalized spacial score (nSPS) is 33.2. The third kappa shape index (κ3) is 2.56.